The second-order valence-corrected chi connectivity index (χ2v) is 4.58. The number of nitro benzene ring substituents is 1. The highest BCUT2D eigenvalue weighted by molar-refractivity contribution is 9.10. The van der Waals surface area contributed by atoms with Crippen LogP contribution >= 0.6 is 15.9 Å². The lowest BCUT2D eigenvalue weighted by atomic mass is 10.2. The molecule has 0 radical (unpaired) electrons. The number of nitrogens with zero attached hydrogens (tertiary/aromatic N) is 2. The average molecular weight is 337 g/mol. The van der Waals surface area contributed by atoms with Crippen molar-refractivity contribution < 1.29 is 14.1 Å². The molecule has 0 heterocycles. The first kappa shape index (κ1) is 14.0. The normalized spacial score (nSPS) is 9.85. The van der Waals surface area contributed by atoms with Crippen LogP contribution in [0.25, 0.3) is 0 Å². The summed E-state index contributed by atoms with van der Waals surface area (Å²) in [6.07, 6.45) is 0. The first-order valence-corrected chi connectivity index (χ1v) is 6.12. The van der Waals surface area contributed by atoms with Crippen molar-refractivity contribution in [3.05, 3.63) is 62.4 Å². The van der Waals surface area contributed by atoms with Gasteiger partial charge in [0.25, 0.3) is 5.69 Å². The summed E-state index contributed by atoms with van der Waals surface area (Å²) in [5.74, 6) is -0.657. The molecule has 0 aliphatic rings. The minimum absolute atomic E-state index is 0.132. The maximum atomic E-state index is 13.6. The minimum atomic E-state index is -0.834. The Morgan fingerprint density at radius 1 is 1.30 bits per heavy atom. The van der Waals surface area contributed by atoms with E-state index in [0.717, 1.165) is 12.1 Å². The molecule has 0 atom stereocenters. The number of hydrogen-bond donors (Lipinski definition) is 0. The quantitative estimate of drug-likeness (QED) is 0.622. The van der Waals surface area contributed by atoms with Gasteiger partial charge in [0.05, 0.1) is 16.6 Å². The maximum Gasteiger partial charge on any atom is 0.272 e. The molecular formula is C13H6BrFN2O3. The molecule has 0 N–H and O–H groups in total. The number of benzene rings is 2. The molecule has 2 rings (SSSR count). The molecule has 0 spiro atoms. The van der Waals surface area contributed by atoms with Crippen molar-refractivity contribution in [3.8, 4) is 17.6 Å². The monoisotopic (exact) mass is 336 g/mol. The Bertz CT molecular complexity index is 728. The van der Waals surface area contributed by atoms with Gasteiger partial charge in [-0.3, -0.25) is 10.1 Å². The lowest BCUT2D eigenvalue weighted by molar-refractivity contribution is -0.385. The topological polar surface area (TPSA) is 76.2 Å². The van der Waals surface area contributed by atoms with Crippen LogP contribution in [0.1, 0.15) is 5.56 Å². The van der Waals surface area contributed by atoms with Gasteiger partial charge in [-0.25, -0.2) is 4.39 Å². The van der Waals surface area contributed by atoms with E-state index in [-0.39, 0.29) is 11.4 Å². The minimum Gasteiger partial charge on any atom is -0.454 e. The lowest BCUT2D eigenvalue weighted by Gasteiger charge is -2.07. The Balaban J connectivity index is 2.29. The van der Waals surface area contributed by atoms with Gasteiger partial charge in [-0.05, 0) is 40.2 Å². The third kappa shape index (κ3) is 2.92. The number of non-ortho nitro benzene ring substituents is 1. The van der Waals surface area contributed by atoms with Crippen molar-refractivity contribution in [1.82, 2.24) is 0 Å². The number of hydrogen-bond acceptors (Lipinski definition) is 4. The van der Waals surface area contributed by atoms with E-state index in [0.29, 0.717) is 15.8 Å². The molecule has 0 saturated carbocycles. The summed E-state index contributed by atoms with van der Waals surface area (Å²) in [5, 5.41) is 19.3. The van der Waals surface area contributed by atoms with Crippen LogP contribution in [0.4, 0.5) is 10.1 Å². The van der Waals surface area contributed by atoms with Crippen molar-refractivity contribution in [2.24, 2.45) is 0 Å². The molecule has 0 unspecified atom stereocenters. The van der Waals surface area contributed by atoms with E-state index >= 15 is 0 Å². The van der Waals surface area contributed by atoms with E-state index in [1.165, 1.54) is 24.3 Å². The Hall–Kier alpha value is -2.46. The molecule has 2 aromatic rings. The van der Waals surface area contributed by atoms with E-state index in [1.54, 1.807) is 0 Å². The molecule has 2 aromatic carbocycles. The predicted octanol–water partition coefficient (Wildman–Crippen LogP) is 4.16. The van der Waals surface area contributed by atoms with Crippen molar-refractivity contribution in [1.29, 1.82) is 5.26 Å². The second kappa shape index (κ2) is 5.67. The predicted molar refractivity (Wildman–Crippen MR) is 72.0 cm³/mol. The van der Waals surface area contributed by atoms with Gasteiger partial charge in [-0.2, -0.15) is 5.26 Å². The molecule has 0 amide bonds. The molecule has 100 valence electrons. The highest BCUT2D eigenvalue weighted by atomic mass is 79.9. The number of nitriles is 1. The Kier molecular flexibility index (Phi) is 3.96. The Morgan fingerprint density at radius 3 is 2.60 bits per heavy atom. The van der Waals surface area contributed by atoms with Crippen LogP contribution in [0.15, 0.2) is 40.9 Å². The summed E-state index contributed by atoms with van der Waals surface area (Å²) in [5.41, 5.74) is 0.0670. The summed E-state index contributed by atoms with van der Waals surface area (Å²) in [6, 6.07) is 9.62. The first-order valence-electron chi connectivity index (χ1n) is 5.32. The van der Waals surface area contributed by atoms with Crippen LogP contribution in [-0.4, -0.2) is 4.92 Å². The molecule has 0 fully saturated rings. The summed E-state index contributed by atoms with van der Waals surface area (Å²) >= 11 is 3.18. The lowest BCUT2D eigenvalue weighted by Crippen LogP contribution is -1.92. The Morgan fingerprint density at radius 2 is 2.05 bits per heavy atom. The van der Waals surface area contributed by atoms with Gasteiger partial charge in [-0.1, -0.05) is 0 Å². The van der Waals surface area contributed by atoms with E-state index in [4.69, 9.17) is 10.00 Å². The van der Waals surface area contributed by atoms with Gasteiger partial charge >= 0.3 is 0 Å². The van der Waals surface area contributed by atoms with Gasteiger partial charge in [0.1, 0.15) is 11.8 Å². The van der Waals surface area contributed by atoms with E-state index in [2.05, 4.69) is 15.9 Å². The molecule has 0 aromatic heterocycles. The average Bonchev–Trinajstić information content (AvgIpc) is 2.41. The standard InChI is InChI=1S/C13H6BrFN2O3/c14-11-6-10(3-1-8(11)7-16)20-13-4-2-9(17(18)19)5-12(13)15/h1-6H. The molecule has 0 saturated heterocycles. The number of ether oxygens (including phenoxy) is 1. The highest BCUT2D eigenvalue weighted by Gasteiger charge is 2.12. The zero-order valence-electron chi connectivity index (χ0n) is 9.84. The third-order valence-electron chi connectivity index (χ3n) is 2.42. The van der Waals surface area contributed by atoms with Crippen LogP contribution in [0.5, 0.6) is 11.5 Å². The fourth-order valence-electron chi connectivity index (χ4n) is 1.46. The molecule has 7 heteroatoms. The number of nitro groups is 1. The summed E-state index contributed by atoms with van der Waals surface area (Å²) < 4.78 is 19.4. The molecule has 20 heavy (non-hydrogen) atoms. The summed E-state index contributed by atoms with van der Waals surface area (Å²) in [4.78, 5) is 9.81. The third-order valence-corrected chi connectivity index (χ3v) is 3.07. The van der Waals surface area contributed by atoms with Crippen molar-refractivity contribution >= 4 is 21.6 Å². The van der Waals surface area contributed by atoms with Crippen LogP contribution in [-0.2, 0) is 0 Å². The molecular weight excluding hydrogens is 331 g/mol. The smallest absolute Gasteiger partial charge is 0.272 e. The van der Waals surface area contributed by atoms with Crippen molar-refractivity contribution in [3.63, 3.8) is 0 Å². The van der Waals surface area contributed by atoms with Crippen LogP contribution < -0.4 is 4.74 Å². The van der Waals surface area contributed by atoms with Gasteiger partial charge in [0, 0.05) is 10.5 Å². The fourth-order valence-corrected chi connectivity index (χ4v) is 1.91. The Labute approximate surface area is 121 Å². The zero-order chi connectivity index (χ0) is 14.7. The maximum absolute atomic E-state index is 13.6. The molecule has 5 nitrogen and oxygen atoms in total. The summed E-state index contributed by atoms with van der Waals surface area (Å²) in [6.45, 7) is 0. The summed E-state index contributed by atoms with van der Waals surface area (Å²) in [7, 11) is 0. The van der Waals surface area contributed by atoms with Crippen molar-refractivity contribution in [2.75, 3.05) is 0 Å². The first-order chi connectivity index (χ1) is 9.51. The molecule has 0 aliphatic carbocycles. The van der Waals surface area contributed by atoms with E-state index in [9.17, 15) is 14.5 Å². The van der Waals surface area contributed by atoms with Crippen molar-refractivity contribution in [2.45, 2.75) is 0 Å². The van der Waals surface area contributed by atoms with Crippen LogP contribution in [0.3, 0.4) is 0 Å². The van der Waals surface area contributed by atoms with Gasteiger partial charge in [0.2, 0.25) is 0 Å². The van der Waals surface area contributed by atoms with Crippen LogP contribution in [0, 0.1) is 27.3 Å². The number of halogens is 2. The second-order valence-electron chi connectivity index (χ2n) is 3.73. The molecule has 0 bridgehead atoms. The largest absolute Gasteiger partial charge is 0.454 e. The fraction of sp³-hybridized carbons (Fsp3) is 0. The zero-order valence-corrected chi connectivity index (χ0v) is 11.4. The molecule has 0 aliphatic heterocycles. The van der Waals surface area contributed by atoms with Gasteiger partial charge in [0.15, 0.2) is 11.6 Å². The SMILES string of the molecule is N#Cc1ccc(Oc2ccc([N+](=O)[O-])cc2F)cc1Br. The van der Waals surface area contributed by atoms with E-state index in [1.807, 2.05) is 6.07 Å². The highest BCUT2D eigenvalue weighted by Crippen LogP contribution is 2.30. The van der Waals surface area contributed by atoms with Crippen LogP contribution in [0.2, 0.25) is 0 Å². The van der Waals surface area contributed by atoms with Gasteiger partial charge in [-0.15, -0.1) is 0 Å². The van der Waals surface area contributed by atoms with Gasteiger partial charge < -0.3 is 4.74 Å². The van der Waals surface area contributed by atoms with E-state index < -0.39 is 10.7 Å². The number of rotatable bonds is 3.